The van der Waals surface area contributed by atoms with E-state index in [4.69, 9.17) is 4.74 Å². The largest absolute Gasteiger partial charge is 0.444 e. The molecule has 2 aromatic heterocycles. The zero-order valence-electron chi connectivity index (χ0n) is 13.8. The van der Waals surface area contributed by atoms with Gasteiger partial charge in [-0.2, -0.15) is 18.3 Å². The van der Waals surface area contributed by atoms with Crippen molar-refractivity contribution >= 4 is 17.0 Å². The summed E-state index contributed by atoms with van der Waals surface area (Å²) in [6.07, 6.45) is -3.88. The lowest BCUT2D eigenvalue weighted by Gasteiger charge is -2.21. The highest BCUT2D eigenvalue weighted by atomic mass is 19.4. The monoisotopic (exact) mass is 344 g/mol. The Morgan fingerprint density at radius 3 is 2.62 bits per heavy atom. The van der Waals surface area contributed by atoms with E-state index in [-0.39, 0.29) is 12.2 Å². The van der Waals surface area contributed by atoms with Gasteiger partial charge in [-0.3, -0.25) is 5.10 Å². The van der Waals surface area contributed by atoms with Crippen molar-refractivity contribution in [3.8, 4) is 0 Å². The zero-order valence-corrected chi connectivity index (χ0v) is 13.8. The Balaban J connectivity index is 2.21. The molecule has 0 saturated heterocycles. The molecule has 1 amide bonds. The zero-order chi connectivity index (χ0) is 18.1. The quantitative estimate of drug-likeness (QED) is 0.891. The Morgan fingerprint density at radius 2 is 2.04 bits per heavy atom. The van der Waals surface area contributed by atoms with Gasteiger partial charge in [0.2, 0.25) is 0 Å². The normalized spacial score (nSPS) is 13.8. The molecular formula is C15H19F3N4O2. The summed E-state index contributed by atoms with van der Waals surface area (Å²) in [6, 6.07) is 0.941. The van der Waals surface area contributed by atoms with Crippen LogP contribution in [0.4, 0.5) is 18.0 Å². The fourth-order valence-electron chi connectivity index (χ4n) is 2.12. The summed E-state index contributed by atoms with van der Waals surface area (Å²) < 4.78 is 44.1. The Bertz CT molecular complexity index is 734. The number of H-pyrrole nitrogens is 1. The van der Waals surface area contributed by atoms with Gasteiger partial charge in [0.15, 0.2) is 0 Å². The van der Waals surface area contributed by atoms with Crippen molar-refractivity contribution in [2.45, 2.75) is 45.4 Å². The van der Waals surface area contributed by atoms with Gasteiger partial charge in [0.05, 0.1) is 17.4 Å². The summed E-state index contributed by atoms with van der Waals surface area (Å²) >= 11 is 0. The van der Waals surface area contributed by atoms with Gasteiger partial charge in [0.25, 0.3) is 0 Å². The van der Waals surface area contributed by atoms with E-state index >= 15 is 0 Å². The lowest BCUT2D eigenvalue weighted by atomic mass is 10.0. The third-order valence-electron chi connectivity index (χ3n) is 3.17. The van der Waals surface area contributed by atoms with Crippen LogP contribution in [0.3, 0.4) is 0 Å². The second kappa shape index (κ2) is 6.29. The number of alkyl carbamates (subject to hydrolysis) is 1. The number of nitrogens with zero attached hydrogens (tertiary/aromatic N) is 2. The number of pyridine rings is 1. The average Bonchev–Trinajstić information content (AvgIpc) is 2.89. The van der Waals surface area contributed by atoms with E-state index in [0.717, 1.165) is 6.07 Å². The van der Waals surface area contributed by atoms with Gasteiger partial charge in [-0.1, -0.05) is 6.92 Å². The van der Waals surface area contributed by atoms with E-state index < -0.39 is 29.5 Å². The number of fused-ring (bicyclic) bond motifs is 1. The highest BCUT2D eigenvalue weighted by Crippen LogP contribution is 2.32. The van der Waals surface area contributed by atoms with Gasteiger partial charge in [-0.05, 0) is 26.8 Å². The molecule has 0 aliphatic heterocycles. The molecule has 0 aliphatic carbocycles. The number of ether oxygens (including phenoxy) is 1. The molecule has 6 nitrogen and oxygen atoms in total. The lowest BCUT2D eigenvalue weighted by molar-refractivity contribution is -0.141. The topological polar surface area (TPSA) is 79.9 Å². The van der Waals surface area contributed by atoms with Crippen LogP contribution in [0.15, 0.2) is 12.3 Å². The molecule has 24 heavy (non-hydrogen) atoms. The predicted molar refractivity (Wildman–Crippen MR) is 81.5 cm³/mol. The first kappa shape index (κ1) is 18.0. The van der Waals surface area contributed by atoms with Crippen molar-refractivity contribution in [1.29, 1.82) is 0 Å². The second-order valence-electron chi connectivity index (χ2n) is 6.51. The number of hydrogen-bond acceptors (Lipinski definition) is 4. The number of halogens is 3. The Kier molecular flexibility index (Phi) is 4.73. The van der Waals surface area contributed by atoms with E-state index in [1.165, 1.54) is 6.20 Å². The first-order valence-electron chi connectivity index (χ1n) is 7.35. The molecule has 0 radical (unpaired) electrons. The molecular weight excluding hydrogens is 325 g/mol. The van der Waals surface area contributed by atoms with Crippen molar-refractivity contribution in [1.82, 2.24) is 20.5 Å². The van der Waals surface area contributed by atoms with Gasteiger partial charge >= 0.3 is 12.3 Å². The van der Waals surface area contributed by atoms with Gasteiger partial charge in [-0.25, -0.2) is 9.78 Å². The fourth-order valence-corrected chi connectivity index (χ4v) is 2.12. The van der Waals surface area contributed by atoms with Gasteiger partial charge in [0.1, 0.15) is 11.3 Å². The average molecular weight is 344 g/mol. The van der Waals surface area contributed by atoms with Crippen molar-refractivity contribution in [2.24, 2.45) is 0 Å². The molecule has 9 heteroatoms. The first-order valence-corrected chi connectivity index (χ1v) is 7.35. The predicted octanol–water partition coefficient (Wildman–Crippen LogP) is 3.60. The Labute approximate surface area is 136 Å². The van der Waals surface area contributed by atoms with Crippen LogP contribution in [0.5, 0.6) is 0 Å². The smallest absolute Gasteiger partial charge is 0.433 e. The molecule has 0 aromatic carbocycles. The fraction of sp³-hybridized carbons (Fsp3) is 0.533. The number of hydrogen-bond donors (Lipinski definition) is 2. The molecule has 2 heterocycles. The molecule has 2 N–H and O–H groups in total. The van der Waals surface area contributed by atoms with Crippen molar-refractivity contribution < 1.29 is 22.7 Å². The summed E-state index contributed by atoms with van der Waals surface area (Å²) in [6.45, 7) is 6.91. The Morgan fingerprint density at radius 1 is 1.38 bits per heavy atom. The maximum absolute atomic E-state index is 13.0. The summed E-state index contributed by atoms with van der Waals surface area (Å²) in [5.41, 5.74) is -1.04. The van der Waals surface area contributed by atoms with Crippen LogP contribution in [0.2, 0.25) is 0 Å². The molecule has 1 atom stereocenters. The first-order chi connectivity index (χ1) is 11.0. The second-order valence-corrected chi connectivity index (χ2v) is 6.51. The number of alkyl halides is 3. The van der Waals surface area contributed by atoms with Crippen LogP contribution in [-0.4, -0.2) is 33.4 Å². The summed E-state index contributed by atoms with van der Waals surface area (Å²) in [5.74, 6) is -0.470. The van der Waals surface area contributed by atoms with Crippen LogP contribution in [0.1, 0.15) is 45.0 Å². The van der Waals surface area contributed by atoms with E-state index in [9.17, 15) is 18.0 Å². The number of carbonyl (C=O) groups is 1. The van der Waals surface area contributed by atoms with E-state index in [1.54, 1.807) is 27.7 Å². The number of nitrogens with one attached hydrogen (secondary N) is 2. The lowest BCUT2D eigenvalue weighted by Crippen LogP contribution is -2.34. The van der Waals surface area contributed by atoms with Gasteiger partial charge < -0.3 is 10.1 Å². The van der Waals surface area contributed by atoms with Crippen LogP contribution in [-0.2, 0) is 10.9 Å². The molecule has 0 bridgehead atoms. The van der Waals surface area contributed by atoms with E-state index in [1.807, 2.05) is 0 Å². The Hall–Kier alpha value is -2.32. The number of amides is 1. The van der Waals surface area contributed by atoms with Crippen LogP contribution < -0.4 is 5.32 Å². The highest BCUT2D eigenvalue weighted by molar-refractivity contribution is 5.81. The third kappa shape index (κ3) is 4.36. The number of aromatic nitrogens is 3. The molecule has 1 unspecified atom stereocenters. The SMILES string of the molecule is CC(CNC(=O)OC(C)(C)C)c1nc(C(F)(F)F)cc2cn[nH]c12. The van der Waals surface area contributed by atoms with Gasteiger partial charge in [-0.15, -0.1) is 0 Å². The highest BCUT2D eigenvalue weighted by Gasteiger charge is 2.34. The van der Waals surface area contributed by atoms with E-state index in [0.29, 0.717) is 10.9 Å². The number of carbonyl (C=O) groups excluding carboxylic acids is 1. The summed E-state index contributed by atoms with van der Waals surface area (Å²) in [7, 11) is 0. The minimum atomic E-state index is -4.56. The van der Waals surface area contributed by atoms with Crippen LogP contribution in [0, 0.1) is 0 Å². The minimum absolute atomic E-state index is 0.0807. The molecule has 0 aliphatic rings. The molecule has 0 saturated carbocycles. The van der Waals surface area contributed by atoms with Crippen LogP contribution in [0.25, 0.3) is 10.9 Å². The third-order valence-corrected chi connectivity index (χ3v) is 3.17. The number of aromatic amines is 1. The van der Waals surface area contributed by atoms with Crippen molar-refractivity contribution in [2.75, 3.05) is 6.54 Å². The van der Waals surface area contributed by atoms with Gasteiger partial charge in [0, 0.05) is 17.8 Å². The van der Waals surface area contributed by atoms with Crippen molar-refractivity contribution in [3.05, 3.63) is 23.7 Å². The molecule has 132 valence electrons. The maximum Gasteiger partial charge on any atom is 0.433 e. The van der Waals surface area contributed by atoms with Crippen molar-refractivity contribution in [3.63, 3.8) is 0 Å². The van der Waals surface area contributed by atoms with E-state index in [2.05, 4.69) is 20.5 Å². The minimum Gasteiger partial charge on any atom is -0.444 e. The summed E-state index contributed by atoms with van der Waals surface area (Å²) in [5, 5.41) is 9.27. The standard InChI is InChI=1S/C15H19F3N4O2/c1-8(6-19-13(23)24-14(2,3)4)11-12-9(7-20-22-12)5-10(21-11)15(16,17)18/h5,7-8H,6H2,1-4H3,(H,19,23)(H,20,22). The van der Waals surface area contributed by atoms with Crippen LogP contribution >= 0.6 is 0 Å². The molecule has 2 aromatic rings. The molecule has 2 rings (SSSR count). The molecule has 0 spiro atoms. The maximum atomic E-state index is 13.0. The summed E-state index contributed by atoms with van der Waals surface area (Å²) in [4.78, 5) is 15.4. The number of rotatable bonds is 3. The molecule has 0 fully saturated rings.